The zero-order chi connectivity index (χ0) is 21.6. The van der Waals surface area contributed by atoms with Gasteiger partial charge in [-0.25, -0.2) is 4.79 Å². The van der Waals surface area contributed by atoms with Gasteiger partial charge in [-0.1, -0.05) is 24.3 Å². The summed E-state index contributed by atoms with van der Waals surface area (Å²) in [5, 5.41) is 11.5. The maximum Gasteiger partial charge on any atom is 0.416 e. The molecular formula is C23H18F3NO3. The molecule has 1 heterocycles. The van der Waals surface area contributed by atoms with Gasteiger partial charge in [-0.2, -0.15) is 13.2 Å². The zero-order valence-electron chi connectivity index (χ0n) is 16.2. The Balaban J connectivity index is 2.07. The summed E-state index contributed by atoms with van der Waals surface area (Å²) in [6, 6.07) is 13.7. The van der Waals surface area contributed by atoms with E-state index in [1.165, 1.54) is 19.2 Å². The number of aromatic nitrogens is 1. The minimum atomic E-state index is -4.50. The summed E-state index contributed by atoms with van der Waals surface area (Å²) in [4.78, 5) is 12.3. The molecule has 0 atom stereocenters. The van der Waals surface area contributed by atoms with Crippen molar-refractivity contribution in [1.29, 1.82) is 0 Å². The van der Waals surface area contributed by atoms with Crippen molar-refractivity contribution in [3.05, 3.63) is 76.9 Å². The Hall–Kier alpha value is -3.48. The predicted octanol–water partition coefficient (Wildman–Crippen LogP) is 5.66. The summed E-state index contributed by atoms with van der Waals surface area (Å²) in [6.07, 6.45) is -4.50. The van der Waals surface area contributed by atoms with Crippen LogP contribution in [0.1, 0.15) is 27.0 Å². The molecule has 1 aromatic heterocycles. The molecule has 7 heteroatoms. The van der Waals surface area contributed by atoms with E-state index in [0.717, 1.165) is 11.6 Å². The van der Waals surface area contributed by atoms with E-state index in [2.05, 4.69) is 0 Å². The van der Waals surface area contributed by atoms with Crippen LogP contribution in [0.5, 0.6) is 5.75 Å². The highest BCUT2D eigenvalue weighted by molar-refractivity contribution is 6.19. The molecule has 0 fully saturated rings. The van der Waals surface area contributed by atoms with E-state index in [4.69, 9.17) is 4.74 Å². The Kier molecular flexibility index (Phi) is 4.68. The average Bonchev–Trinajstić information content (AvgIpc) is 3.01. The molecule has 0 saturated heterocycles. The van der Waals surface area contributed by atoms with Crippen molar-refractivity contribution in [3.8, 4) is 5.75 Å². The standard InChI is InChI=1S/C23H18F3NO3/c1-13-10-18-21(19(28)11-13)20-15(22(29)30-2)7-5-9-17(20)27(18)12-14-6-3-4-8-16(14)23(24,25)26/h3-11,28H,12H2,1-2H3. The number of benzene rings is 3. The first-order chi connectivity index (χ1) is 14.2. The highest BCUT2D eigenvalue weighted by Crippen LogP contribution is 2.39. The summed E-state index contributed by atoms with van der Waals surface area (Å²) in [5.74, 6) is -0.635. The van der Waals surface area contributed by atoms with Gasteiger partial charge in [0.05, 0.1) is 34.7 Å². The van der Waals surface area contributed by atoms with Gasteiger partial charge >= 0.3 is 12.1 Å². The summed E-state index contributed by atoms with van der Waals surface area (Å²) in [6.45, 7) is 1.70. The molecule has 4 nitrogen and oxygen atoms in total. The number of aryl methyl sites for hydroxylation is 1. The minimum absolute atomic E-state index is 0.0470. The molecule has 0 radical (unpaired) electrons. The number of fused-ring (bicyclic) bond motifs is 3. The molecule has 30 heavy (non-hydrogen) atoms. The lowest BCUT2D eigenvalue weighted by Gasteiger charge is -2.15. The van der Waals surface area contributed by atoms with Gasteiger partial charge in [0, 0.05) is 11.9 Å². The second-order valence-electron chi connectivity index (χ2n) is 7.11. The number of alkyl halides is 3. The molecule has 154 valence electrons. The van der Waals surface area contributed by atoms with E-state index in [9.17, 15) is 23.1 Å². The number of hydrogen-bond donors (Lipinski definition) is 1. The lowest BCUT2D eigenvalue weighted by atomic mass is 10.0. The second-order valence-corrected chi connectivity index (χ2v) is 7.11. The normalized spacial score (nSPS) is 11.9. The van der Waals surface area contributed by atoms with Gasteiger partial charge in [-0.3, -0.25) is 0 Å². The fourth-order valence-electron chi connectivity index (χ4n) is 3.93. The number of phenolic OH excluding ortho intramolecular Hbond substituents is 1. The number of nitrogens with zero attached hydrogens (tertiary/aromatic N) is 1. The molecule has 0 aliphatic carbocycles. The highest BCUT2D eigenvalue weighted by atomic mass is 19.4. The van der Waals surface area contributed by atoms with E-state index in [-0.39, 0.29) is 23.4 Å². The number of carbonyl (C=O) groups excluding carboxylic acids is 1. The van der Waals surface area contributed by atoms with E-state index in [0.29, 0.717) is 21.8 Å². The van der Waals surface area contributed by atoms with Crippen LogP contribution in [0.15, 0.2) is 54.6 Å². The maximum atomic E-state index is 13.5. The molecule has 0 aliphatic rings. The van der Waals surface area contributed by atoms with Crippen molar-refractivity contribution in [2.24, 2.45) is 0 Å². The largest absolute Gasteiger partial charge is 0.507 e. The van der Waals surface area contributed by atoms with Gasteiger partial charge in [0.2, 0.25) is 0 Å². The van der Waals surface area contributed by atoms with Crippen LogP contribution in [-0.2, 0) is 17.5 Å². The van der Waals surface area contributed by atoms with Crippen molar-refractivity contribution in [2.45, 2.75) is 19.6 Å². The van der Waals surface area contributed by atoms with Crippen molar-refractivity contribution in [1.82, 2.24) is 4.57 Å². The fourth-order valence-corrected chi connectivity index (χ4v) is 3.93. The number of halogens is 3. The first-order valence-corrected chi connectivity index (χ1v) is 9.20. The lowest BCUT2D eigenvalue weighted by molar-refractivity contribution is -0.138. The summed E-state index contributed by atoms with van der Waals surface area (Å²) >= 11 is 0. The first kappa shape index (κ1) is 19.8. The molecule has 0 unspecified atom stereocenters. The monoisotopic (exact) mass is 413 g/mol. The lowest BCUT2D eigenvalue weighted by Crippen LogP contribution is -2.11. The van der Waals surface area contributed by atoms with Crippen LogP contribution in [0.2, 0.25) is 0 Å². The number of esters is 1. The van der Waals surface area contributed by atoms with Gasteiger partial charge in [0.15, 0.2) is 0 Å². The Morgan fingerprint density at radius 3 is 2.47 bits per heavy atom. The average molecular weight is 413 g/mol. The van der Waals surface area contributed by atoms with Gasteiger partial charge in [0.1, 0.15) is 5.75 Å². The summed E-state index contributed by atoms with van der Waals surface area (Å²) in [7, 11) is 1.25. The third-order valence-electron chi connectivity index (χ3n) is 5.17. The molecule has 0 aliphatic heterocycles. The van der Waals surface area contributed by atoms with Crippen LogP contribution in [0.4, 0.5) is 13.2 Å². The van der Waals surface area contributed by atoms with Crippen molar-refractivity contribution >= 4 is 27.8 Å². The van der Waals surface area contributed by atoms with E-state index >= 15 is 0 Å². The number of phenols is 1. The van der Waals surface area contributed by atoms with Gasteiger partial charge in [-0.15, -0.1) is 0 Å². The maximum absolute atomic E-state index is 13.5. The smallest absolute Gasteiger partial charge is 0.416 e. The first-order valence-electron chi connectivity index (χ1n) is 9.20. The number of ether oxygens (including phenoxy) is 1. The van der Waals surface area contributed by atoms with Crippen LogP contribution < -0.4 is 0 Å². The molecule has 4 aromatic rings. The highest BCUT2D eigenvalue weighted by Gasteiger charge is 2.33. The third-order valence-corrected chi connectivity index (χ3v) is 5.17. The topological polar surface area (TPSA) is 51.5 Å². The fraction of sp³-hybridized carbons (Fsp3) is 0.174. The number of hydrogen-bond acceptors (Lipinski definition) is 3. The molecule has 0 saturated carbocycles. The van der Waals surface area contributed by atoms with Crippen LogP contribution >= 0.6 is 0 Å². The number of aromatic hydroxyl groups is 1. The van der Waals surface area contributed by atoms with E-state index in [1.54, 1.807) is 47.9 Å². The minimum Gasteiger partial charge on any atom is -0.507 e. The summed E-state index contributed by atoms with van der Waals surface area (Å²) < 4.78 is 47.2. The zero-order valence-corrected chi connectivity index (χ0v) is 16.2. The van der Waals surface area contributed by atoms with Crippen LogP contribution in [0, 0.1) is 6.92 Å². The van der Waals surface area contributed by atoms with Crippen molar-refractivity contribution in [3.63, 3.8) is 0 Å². The van der Waals surface area contributed by atoms with Gasteiger partial charge < -0.3 is 14.4 Å². The Bertz CT molecular complexity index is 1290. The molecule has 4 rings (SSSR count). The van der Waals surface area contributed by atoms with Crippen LogP contribution in [-0.4, -0.2) is 22.8 Å². The molecule has 3 aromatic carbocycles. The molecule has 0 spiro atoms. The second kappa shape index (κ2) is 7.09. The molecule has 1 N–H and O–H groups in total. The van der Waals surface area contributed by atoms with Crippen LogP contribution in [0.3, 0.4) is 0 Å². The summed E-state index contributed by atoms with van der Waals surface area (Å²) in [5.41, 5.74) is 1.42. The molecular weight excluding hydrogens is 395 g/mol. The van der Waals surface area contributed by atoms with Crippen molar-refractivity contribution < 1.29 is 27.8 Å². The number of methoxy groups -OCH3 is 1. The predicted molar refractivity (Wildman–Crippen MR) is 108 cm³/mol. The number of rotatable bonds is 3. The van der Waals surface area contributed by atoms with Crippen molar-refractivity contribution in [2.75, 3.05) is 7.11 Å². The van der Waals surface area contributed by atoms with E-state index < -0.39 is 17.7 Å². The van der Waals surface area contributed by atoms with Crippen LogP contribution in [0.25, 0.3) is 21.8 Å². The SMILES string of the molecule is COC(=O)c1cccc2c1c1c(O)cc(C)cc1n2Cc1ccccc1C(F)(F)F. The van der Waals surface area contributed by atoms with Gasteiger partial charge in [0.25, 0.3) is 0 Å². The Morgan fingerprint density at radius 2 is 1.77 bits per heavy atom. The van der Waals surface area contributed by atoms with E-state index in [1.807, 2.05) is 0 Å². The Labute approximate surface area is 170 Å². The quantitative estimate of drug-likeness (QED) is 0.441. The molecule has 0 amide bonds. The number of carbonyl (C=O) groups is 1. The third kappa shape index (κ3) is 3.16. The van der Waals surface area contributed by atoms with Gasteiger partial charge in [-0.05, 0) is 48.4 Å². The molecule has 0 bridgehead atoms. The Morgan fingerprint density at radius 1 is 1.03 bits per heavy atom.